The second-order valence-corrected chi connectivity index (χ2v) is 4.91. The average molecular weight is 262 g/mol. The highest BCUT2D eigenvalue weighted by Gasteiger charge is 2.10. The Bertz CT molecular complexity index is 525. The molecule has 2 heterocycles. The number of aryl methyl sites for hydroxylation is 2. The summed E-state index contributed by atoms with van der Waals surface area (Å²) in [4.78, 5) is 8.72. The maximum Gasteiger partial charge on any atom is 0.146 e. The predicted octanol–water partition coefficient (Wildman–Crippen LogP) is 1.35. The summed E-state index contributed by atoms with van der Waals surface area (Å²) in [6.07, 6.45) is 3.54. The molecule has 0 bridgehead atoms. The smallest absolute Gasteiger partial charge is 0.146 e. The van der Waals surface area contributed by atoms with Crippen LogP contribution in [0.15, 0.2) is 12.5 Å². The van der Waals surface area contributed by atoms with Crippen molar-refractivity contribution in [3.05, 3.63) is 29.9 Å². The number of aromatic nitrogens is 5. The first-order chi connectivity index (χ1) is 9.11. The first-order valence-corrected chi connectivity index (χ1v) is 6.72. The molecule has 0 spiro atoms. The summed E-state index contributed by atoms with van der Waals surface area (Å²) in [6.45, 7) is 10.7. The van der Waals surface area contributed by atoms with Crippen LogP contribution in [0, 0.1) is 6.92 Å². The number of hydrogen-bond acceptors (Lipinski definition) is 4. The zero-order valence-electron chi connectivity index (χ0n) is 12.1. The van der Waals surface area contributed by atoms with Gasteiger partial charge in [0.25, 0.3) is 0 Å². The van der Waals surface area contributed by atoms with Gasteiger partial charge in [-0.1, -0.05) is 13.8 Å². The Balaban J connectivity index is 2.17. The lowest BCUT2D eigenvalue weighted by Crippen LogP contribution is -2.24. The van der Waals surface area contributed by atoms with E-state index in [1.165, 1.54) is 5.69 Å². The van der Waals surface area contributed by atoms with Gasteiger partial charge in [-0.3, -0.25) is 0 Å². The lowest BCUT2D eigenvalue weighted by atomic mass is 10.3. The Morgan fingerprint density at radius 1 is 1.32 bits per heavy atom. The molecule has 0 aliphatic carbocycles. The maximum absolute atomic E-state index is 4.40. The van der Waals surface area contributed by atoms with E-state index in [1.54, 1.807) is 6.33 Å². The zero-order valence-corrected chi connectivity index (χ0v) is 12.1. The molecule has 0 atom stereocenters. The van der Waals surface area contributed by atoms with E-state index in [0.29, 0.717) is 6.04 Å². The Hall–Kier alpha value is -1.69. The molecule has 0 aliphatic heterocycles. The van der Waals surface area contributed by atoms with E-state index in [2.05, 4.69) is 45.7 Å². The van der Waals surface area contributed by atoms with E-state index in [1.807, 2.05) is 17.8 Å². The van der Waals surface area contributed by atoms with Crippen LogP contribution in [0.4, 0.5) is 0 Å². The van der Waals surface area contributed by atoms with Crippen LogP contribution in [0.2, 0.25) is 0 Å². The van der Waals surface area contributed by atoms with Crippen LogP contribution in [0.3, 0.4) is 0 Å². The number of nitrogens with zero attached hydrogens (tertiary/aromatic N) is 5. The van der Waals surface area contributed by atoms with Gasteiger partial charge in [0, 0.05) is 25.3 Å². The third-order valence-electron chi connectivity index (χ3n) is 3.12. The number of imidazole rings is 1. The summed E-state index contributed by atoms with van der Waals surface area (Å²) < 4.78 is 4.10. The van der Waals surface area contributed by atoms with Crippen LogP contribution in [0.1, 0.15) is 38.1 Å². The zero-order chi connectivity index (χ0) is 13.8. The summed E-state index contributed by atoms with van der Waals surface area (Å²) in [7, 11) is 0. The molecule has 2 aromatic heterocycles. The molecule has 1 N–H and O–H groups in total. The topological polar surface area (TPSA) is 60.6 Å². The van der Waals surface area contributed by atoms with E-state index in [-0.39, 0.29) is 0 Å². The molecule has 0 amide bonds. The molecule has 19 heavy (non-hydrogen) atoms. The number of rotatable bonds is 6. The molecule has 0 aliphatic rings. The van der Waals surface area contributed by atoms with Gasteiger partial charge in [-0.05, 0) is 13.8 Å². The van der Waals surface area contributed by atoms with Gasteiger partial charge in [-0.15, -0.1) is 0 Å². The molecule has 6 heteroatoms. The Kier molecular flexibility index (Phi) is 4.31. The molecule has 6 nitrogen and oxygen atoms in total. The minimum Gasteiger partial charge on any atom is -0.323 e. The fraction of sp³-hybridized carbons (Fsp3) is 0.615. The second-order valence-electron chi connectivity index (χ2n) is 4.91. The maximum atomic E-state index is 4.40. The van der Waals surface area contributed by atoms with E-state index in [0.717, 1.165) is 31.3 Å². The average Bonchev–Trinajstić information content (AvgIpc) is 2.96. The molecular formula is C13H22N6. The van der Waals surface area contributed by atoms with Gasteiger partial charge >= 0.3 is 0 Å². The third-order valence-corrected chi connectivity index (χ3v) is 3.12. The van der Waals surface area contributed by atoms with Crippen molar-refractivity contribution in [3.63, 3.8) is 0 Å². The molecular weight excluding hydrogens is 240 g/mol. The van der Waals surface area contributed by atoms with Crippen LogP contribution in [-0.4, -0.2) is 30.4 Å². The van der Waals surface area contributed by atoms with E-state index >= 15 is 0 Å². The highest BCUT2D eigenvalue weighted by Crippen LogP contribution is 2.08. The van der Waals surface area contributed by atoms with Crippen molar-refractivity contribution in [3.8, 4) is 0 Å². The van der Waals surface area contributed by atoms with Gasteiger partial charge in [0.15, 0.2) is 0 Å². The van der Waals surface area contributed by atoms with Crippen molar-refractivity contribution in [2.45, 2.75) is 53.4 Å². The minimum atomic E-state index is 0.461. The van der Waals surface area contributed by atoms with Crippen molar-refractivity contribution in [1.29, 1.82) is 0 Å². The Morgan fingerprint density at radius 3 is 2.79 bits per heavy atom. The summed E-state index contributed by atoms with van der Waals surface area (Å²) in [5.74, 6) is 1.97. The molecule has 0 saturated heterocycles. The molecule has 104 valence electrons. The standard InChI is InChI=1S/C13H22N6/c1-5-19-13(16-9-17-19)8-18-11(4)15-7-12(18)6-14-10(2)3/h7,9-10,14H,5-6,8H2,1-4H3. The third kappa shape index (κ3) is 3.20. The normalized spacial score (nSPS) is 11.4. The van der Waals surface area contributed by atoms with Gasteiger partial charge < -0.3 is 9.88 Å². The highest BCUT2D eigenvalue weighted by molar-refractivity contribution is 5.07. The first-order valence-electron chi connectivity index (χ1n) is 6.72. The van der Waals surface area contributed by atoms with Gasteiger partial charge in [-0.25, -0.2) is 14.6 Å². The lowest BCUT2D eigenvalue weighted by molar-refractivity contribution is 0.543. The van der Waals surface area contributed by atoms with Gasteiger partial charge in [0.1, 0.15) is 18.0 Å². The van der Waals surface area contributed by atoms with E-state index < -0.39 is 0 Å². The molecule has 0 aromatic carbocycles. The molecule has 2 rings (SSSR count). The first kappa shape index (κ1) is 13.7. The van der Waals surface area contributed by atoms with Crippen LogP contribution in [0.5, 0.6) is 0 Å². The summed E-state index contributed by atoms with van der Waals surface area (Å²) in [5, 5.41) is 7.62. The quantitative estimate of drug-likeness (QED) is 0.853. The Morgan fingerprint density at radius 2 is 2.11 bits per heavy atom. The van der Waals surface area contributed by atoms with Crippen molar-refractivity contribution in [2.75, 3.05) is 0 Å². The minimum absolute atomic E-state index is 0.461. The predicted molar refractivity (Wildman–Crippen MR) is 73.7 cm³/mol. The number of hydrogen-bond donors (Lipinski definition) is 1. The molecule has 0 unspecified atom stereocenters. The van der Waals surface area contributed by atoms with Crippen molar-refractivity contribution in [1.82, 2.24) is 29.6 Å². The lowest BCUT2D eigenvalue weighted by Gasteiger charge is -2.12. The van der Waals surface area contributed by atoms with Crippen molar-refractivity contribution < 1.29 is 0 Å². The summed E-state index contributed by atoms with van der Waals surface area (Å²) >= 11 is 0. The molecule has 2 aromatic rings. The van der Waals surface area contributed by atoms with Crippen molar-refractivity contribution >= 4 is 0 Å². The largest absolute Gasteiger partial charge is 0.323 e. The van der Waals surface area contributed by atoms with Gasteiger partial charge in [0.05, 0.1) is 12.2 Å². The van der Waals surface area contributed by atoms with Crippen LogP contribution >= 0.6 is 0 Å². The highest BCUT2D eigenvalue weighted by atomic mass is 15.3. The molecule has 0 saturated carbocycles. The molecule has 0 radical (unpaired) electrons. The van der Waals surface area contributed by atoms with Crippen LogP contribution < -0.4 is 5.32 Å². The van der Waals surface area contributed by atoms with Gasteiger partial charge in [-0.2, -0.15) is 5.10 Å². The monoisotopic (exact) mass is 262 g/mol. The SMILES string of the molecule is CCn1ncnc1Cn1c(CNC(C)C)cnc1C. The van der Waals surface area contributed by atoms with Crippen LogP contribution in [-0.2, 0) is 19.6 Å². The van der Waals surface area contributed by atoms with Crippen molar-refractivity contribution in [2.24, 2.45) is 0 Å². The van der Waals surface area contributed by atoms with E-state index in [9.17, 15) is 0 Å². The van der Waals surface area contributed by atoms with Crippen LogP contribution in [0.25, 0.3) is 0 Å². The number of nitrogens with one attached hydrogen (secondary N) is 1. The Labute approximate surface area is 113 Å². The van der Waals surface area contributed by atoms with E-state index in [4.69, 9.17) is 0 Å². The second kappa shape index (κ2) is 5.97. The fourth-order valence-electron chi connectivity index (χ4n) is 2.00. The summed E-state index contributed by atoms with van der Waals surface area (Å²) in [5.41, 5.74) is 1.18. The van der Waals surface area contributed by atoms with Gasteiger partial charge in [0.2, 0.25) is 0 Å². The molecule has 0 fully saturated rings. The fourth-order valence-corrected chi connectivity index (χ4v) is 2.00. The summed E-state index contributed by atoms with van der Waals surface area (Å²) in [6, 6.07) is 0.461.